The van der Waals surface area contributed by atoms with Crippen LogP contribution in [0, 0.1) is 11.6 Å². The number of halogens is 2. The van der Waals surface area contributed by atoms with Crippen LogP contribution in [0.3, 0.4) is 0 Å². The Morgan fingerprint density at radius 2 is 2.27 bits per heavy atom. The number of anilines is 1. The Bertz CT molecular complexity index is 320. The lowest BCUT2D eigenvalue weighted by atomic mass is 10.2. The highest BCUT2D eigenvalue weighted by Crippen LogP contribution is 2.13. The van der Waals surface area contributed by atoms with Gasteiger partial charge in [-0.3, -0.25) is 0 Å². The van der Waals surface area contributed by atoms with E-state index in [-0.39, 0.29) is 11.9 Å². The Kier molecular flexibility index (Phi) is 4.81. The molecule has 0 radical (unpaired) electrons. The molecular formula is C10H14F2N2S. The highest BCUT2D eigenvalue weighted by Gasteiger charge is 2.08. The number of aromatic nitrogens is 1. The van der Waals surface area contributed by atoms with E-state index in [2.05, 4.69) is 10.3 Å². The molecule has 0 amide bonds. The minimum atomic E-state index is -0.658. The Balaban J connectivity index is 2.56. The molecule has 0 fully saturated rings. The van der Waals surface area contributed by atoms with Gasteiger partial charge in [-0.25, -0.2) is 13.8 Å². The zero-order valence-electron chi connectivity index (χ0n) is 8.76. The molecule has 1 heterocycles. The fourth-order valence-electron chi connectivity index (χ4n) is 1.12. The highest BCUT2D eigenvalue weighted by molar-refractivity contribution is 7.98. The summed E-state index contributed by atoms with van der Waals surface area (Å²) in [6.45, 7) is 1.95. The first-order valence-corrected chi connectivity index (χ1v) is 6.09. The number of nitrogens with one attached hydrogen (secondary N) is 1. The third kappa shape index (κ3) is 4.03. The number of hydrogen-bond donors (Lipinski definition) is 1. The van der Waals surface area contributed by atoms with Crippen LogP contribution in [-0.4, -0.2) is 23.0 Å². The maximum atomic E-state index is 13.2. The number of thioether (sulfide) groups is 1. The van der Waals surface area contributed by atoms with Crippen LogP contribution in [-0.2, 0) is 0 Å². The van der Waals surface area contributed by atoms with Crippen LogP contribution in [0.1, 0.15) is 13.3 Å². The molecule has 1 unspecified atom stereocenters. The smallest absolute Gasteiger partial charge is 0.168 e. The van der Waals surface area contributed by atoms with Crippen LogP contribution in [0.5, 0.6) is 0 Å². The molecule has 1 aromatic rings. The van der Waals surface area contributed by atoms with Crippen LogP contribution >= 0.6 is 11.8 Å². The van der Waals surface area contributed by atoms with E-state index in [1.807, 2.05) is 13.2 Å². The monoisotopic (exact) mass is 232 g/mol. The summed E-state index contributed by atoms with van der Waals surface area (Å²) in [4.78, 5) is 3.66. The van der Waals surface area contributed by atoms with E-state index >= 15 is 0 Å². The molecule has 84 valence electrons. The van der Waals surface area contributed by atoms with E-state index in [1.165, 1.54) is 0 Å². The van der Waals surface area contributed by atoms with Gasteiger partial charge in [0.05, 0.1) is 6.20 Å². The Hall–Kier alpha value is -0.840. The van der Waals surface area contributed by atoms with Crippen molar-refractivity contribution >= 4 is 17.6 Å². The predicted octanol–water partition coefficient (Wildman–Crippen LogP) is 2.91. The van der Waals surface area contributed by atoms with Crippen molar-refractivity contribution in [2.24, 2.45) is 0 Å². The van der Waals surface area contributed by atoms with Gasteiger partial charge in [-0.15, -0.1) is 0 Å². The van der Waals surface area contributed by atoms with Gasteiger partial charge in [-0.1, -0.05) is 0 Å². The molecule has 5 heteroatoms. The van der Waals surface area contributed by atoms with Crippen molar-refractivity contribution in [1.29, 1.82) is 0 Å². The van der Waals surface area contributed by atoms with Gasteiger partial charge in [0.1, 0.15) is 5.82 Å². The topological polar surface area (TPSA) is 24.9 Å². The maximum Gasteiger partial charge on any atom is 0.168 e. The summed E-state index contributed by atoms with van der Waals surface area (Å²) >= 11 is 1.73. The fraction of sp³-hybridized carbons (Fsp3) is 0.500. The molecule has 1 N–H and O–H groups in total. The molecular weight excluding hydrogens is 218 g/mol. The van der Waals surface area contributed by atoms with Gasteiger partial charge >= 0.3 is 0 Å². The van der Waals surface area contributed by atoms with Crippen molar-refractivity contribution in [3.05, 3.63) is 23.9 Å². The van der Waals surface area contributed by atoms with Gasteiger partial charge < -0.3 is 5.32 Å². The zero-order valence-corrected chi connectivity index (χ0v) is 9.57. The SMILES string of the molecule is CSCCC(C)Nc1ncc(F)cc1F. The van der Waals surface area contributed by atoms with Crippen molar-refractivity contribution < 1.29 is 8.78 Å². The van der Waals surface area contributed by atoms with Crippen LogP contribution in [0.25, 0.3) is 0 Å². The number of rotatable bonds is 5. The molecule has 0 aliphatic heterocycles. The van der Waals surface area contributed by atoms with E-state index in [4.69, 9.17) is 0 Å². The van der Waals surface area contributed by atoms with E-state index in [9.17, 15) is 8.78 Å². The number of hydrogen-bond acceptors (Lipinski definition) is 3. The molecule has 0 saturated heterocycles. The summed E-state index contributed by atoms with van der Waals surface area (Å²) < 4.78 is 25.7. The third-order valence-electron chi connectivity index (χ3n) is 1.95. The summed E-state index contributed by atoms with van der Waals surface area (Å²) in [5.74, 6) is -0.192. The molecule has 0 spiro atoms. The van der Waals surface area contributed by atoms with Crippen LogP contribution in [0.2, 0.25) is 0 Å². The Morgan fingerprint density at radius 1 is 1.53 bits per heavy atom. The maximum absolute atomic E-state index is 13.2. The lowest BCUT2D eigenvalue weighted by Crippen LogP contribution is -2.17. The van der Waals surface area contributed by atoms with Crippen LogP contribution in [0.15, 0.2) is 12.3 Å². The molecule has 1 aromatic heterocycles. The summed E-state index contributed by atoms with van der Waals surface area (Å²) in [6.07, 6.45) is 3.94. The van der Waals surface area contributed by atoms with Gasteiger partial charge in [0, 0.05) is 12.1 Å². The molecule has 0 saturated carbocycles. The van der Waals surface area contributed by atoms with Crippen LogP contribution in [0.4, 0.5) is 14.6 Å². The average Bonchev–Trinajstić information content (AvgIpc) is 2.19. The van der Waals surface area contributed by atoms with E-state index in [1.54, 1.807) is 11.8 Å². The predicted molar refractivity (Wildman–Crippen MR) is 60.2 cm³/mol. The molecule has 1 rings (SSSR count). The summed E-state index contributed by atoms with van der Waals surface area (Å²) in [5.41, 5.74) is 0. The minimum absolute atomic E-state index is 0.116. The molecule has 0 bridgehead atoms. The largest absolute Gasteiger partial charge is 0.365 e. The molecule has 0 aliphatic carbocycles. The van der Waals surface area contributed by atoms with Gasteiger partial charge in [0.2, 0.25) is 0 Å². The Morgan fingerprint density at radius 3 is 2.87 bits per heavy atom. The standard InChI is InChI=1S/C10H14F2N2S/c1-7(3-4-15-2)14-10-9(12)5-8(11)6-13-10/h5-7H,3-4H2,1-2H3,(H,13,14). The first-order chi connectivity index (χ1) is 7.13. The van der Waals surface area contributed by atoms with Gasteiger partial charge in [-0.05, 0) is 25.4 Å². The highest BCUT2D eigenvalue weighted by atomic mass is 32.2. The van der Waals surface area contributed by atoms with Crippen LogP contribution < -0.4 is 5.32 Å². The van der Waals surface area contributed by atoms with Crippen molar-refractivity contribution in [1.82, 2.24) is 4.98 Å². The van der Waals surface area contributed by atoms with Crippen molar-refractivity contribution in [2.45, 2.75) is 19.4 Å². The van der Waals surface area contributed by atoms with Gasteiger partial charge in [0.15, 0.2) is 11.6 Å². The zero-order chi connectivity index (χ0) is 11.3. The summed E-state index contributed by atoms with van der Waals surface area (Å²) in [6, 6.07) is 0.960. The quantitative estimate of drug-likeness (QED) is 0.845. The third-order valence-corrected chi connectivity index (χ3v) is 2.59. The van der Waals surface area contributed by atoms with Crippen molar-refractivity contribution in [2.75, 3.05) is 17.3 Å². The Labute approximate surface area is 92.5 Å². The van der Waals surface area contributed by atoms with Crippen molar-refractivity contribution in [3.63, 3.8) is 0 Å². The number of nitrogens with zero attached hydrogens (tertiary/aromatic N) is 1. The fourth-order valence-corrected chi connectivity index (χ4v) is 1.71. The van der Waals surface area contributed by atoms with E-state index in [0.29, 0.717) is 0 Å². The molecule has 0 aromatic carbocycles. The van der Waals surface area contributed by atoms with Gasteiger partial charge in [-0.2, -0.15) is 11.8 Å². The minimum Gasteiger partial charge on any atom is -0.365 e. The first-order valence-electron chi connectivity index (χ1n) is 4.70. The number of pyridine rings is 1. The molecule has 2 nitrogen and oxygen atoms in total. The molecule has 15 heavy (non-hydrogen) atoms. The lowest BCUT2D eigenvalue weighted by molar-refractivity contribution is 0.573. The molecule has 0 aliphatic rings. The van der Waals surface area contributed by atoms with Gasteiger partial charge in [0.25, 0.3) is 0 Å². The van der Waals surface area contributed by atoms with E-state index in [0.717, 1.165) is 24.4 Å². The average molecular weight is 232 g/mol. The second-order valence-electron chi connectivity index (χ2n) is 3.31. The summed E-state index contributed by atoms with van der Waals surface area (Å²) in [5, 5.41) is 2.91. The second-order valence-corrected chi connectivity index (χ2v) is 4.30. The van der Waals surface area contributed by atoms with E-state index < -0.39 is 11.6 Å². The van der Waals surface area contributed by atoms with Crippen molar-refractivity contribution in [3.8, 4) is 0 Å². The molecule has 1 atom stereocenters. The second kappa shape index (κ2) is 5.90. The lowest BCUT2D eigenvalue weighted by Gasteiger charge is -2.13. The summed E-state index contributed by atoms with van der Waals surface area (Å²) in [7, 11) is 0. The normalized spacial score (nSPS) is 12.5. The first kappa shape index (κ1) is 12.2.